The first-order valence-electron chi connectivity index (χ1n) is 5.36. The predicted octanol–water partition coefficient (Wildman–Crippen LogP) is 5.59. The first-order valence-corrected chi connectivity index (χ1v) is 6.12. The van der Waals surface area contributed by atoms with Crippen LogP contribution in [-0.2, 0) is 0 Å². The normalized spacial score (nSPS) is 11.1. The highest BCUT2D eigenvalue weighted by molar-refractivity contribution is 6.37. The second-order valence-electron chi connectivity index (χ2n) is 3.53. The van der Waals surface area contributed by atoms with Gasteiger partial charge >= 0.3 is 0 Å². The van der Waals surface area contributed by atoms with Crippen LogP contribution >= 0.6 is 23.2 Å². The van der Waals surface area contributed by atoms with Gasteiger partial charge in [0, 0.05) is 15.6 Å². The summed E-state index contributed by atoms with van der Waals surface area (Å²) in [5, 5.41) is 1.43. The molecule has 0 saturated carbocycles. The third-order valence-corrected chi connectivity index (χ3v) is 2.92. The first kappa shape index (κ1) is 12.6. The van der Waals surface area contributed by atoms with Gasteiger partial charge in [-0.15, -0.1) is 0 Å². The van der Waals surface area contributed by atoms with Crippen LogP contribution in [0.4, 0.5) is 0 Å². The SMILES string of the molecule is CCCCCC=Cc1c(Cl)cccc1Cl. The maximum absolute atomic E-state index is 6.03. The molecule has 0 heterocycles. The van der Waals surface area contributed by atoms with Gasteiger partial charge in [-0.2, -0.15) is 0 Å². The molecule has 82 valence electrons. The Labute approximate surface area is 102 Å². The van der Waals surface area contributed by atoms with Crippen molar-refractivity contribution in [2.75, 3.05) is 0 Å². The Morgan fingerprint density at radius 3 is 2.40 bits per heavy atom. The quantitative estimate of drug-likeness (QED) is 0.591. The molecule has 0 aliphatic rings. The Bertz CT molecular complexity index is 309. The van der Waals surface area contributed by atoms with Gasteiger partial charge in [0.05, 0.1) is 0 Å². The molecule has 0 amide bonds. The van der Waals surface area contributed by atoms with E-state index in [4.69, 9.17) is 23.2 Å². The van der Waals surface area contributed by atoms with Crippen molar-refractivity contribution in [3.05, 3.63) is 39.9 Å². The molecule has 1 aromatic carbocycles. The molecule has 15 heavy (non-hydrogen) atoms. The van der Waals surface area contributed by atoms with Crippen LogP contribution in [0, 0.1) is 0 Å². The molecule has 0 unspecified atom stereocenters. The van der Waals surface area contributed by atoms with Gasteiger partial charge < -0.3 is 0 Å². The Balaban J connectivity index is 2.56. The van der Waals surface area contributed by atoms with E-state index < -0.39 is 0 Å². The monoisotopic (exact) mass is 242 g/mol. The molecule has 0 saturated heterocycles. The second kappa shape index (κ2) is 6.92. The molecule has 0 nitrogen and oxygen atoms in total. The zero-order valence-electron chi connectivity index (χ0n) is 8.97. The molecular formula is C13H16Cl2. The fourth-order valence-corrected chi connectivity index (χ4v) is 1.91. The molecule has 0 fully saturated rings. The Morgan fingerprint density at radius 2 is 1.80 bits per heavy atom. The van der Waals surface area contributed by atoms with Crippen molar-refractivity contribution >= 4 is 29.3 Å². The van der Waals surface area contributed by atoms with Crippen molar-refractivity contribution in [2.45, 2.75) is 32.6 Å². The summed E-state index contributed by atoms with van der Waals surface area (Å²) in [7, 11) is 0. The van der Waals surface area contributed by atoms with E-state index in [0.717, 1.165) is 12.0 Å². The van der Waals surface area contributed by atoms with Gasteiger partial charge in [-0.05, 0) is 25.0 Å². The number of halogens is 2. The molecule has 2 heteroatoms. The molecule has 0 spiro atoms. The Kier molecular flexibility index (Phi) is 5.82. The standard InChI is InChI=1S/C13H16Cl2/c1-2-3-4-5-6-8-11-12(14)9-7-10-13(11)15/h6-10H,2-5H2,1H3. The van der Waals surface area contributed by atoms with Crippen LogP contribution < -0.4 is 0 Å². The van der Waals surface area contributed by atoms with Crippen LogP contribution in [-0.4, -0.2) is 0 Å². The highest BCUT2D eigenvalue weighted by Crippen LogP contribution is 2.25. The van der Waals surface area contributed by atoms with Gasteiger partial charge in [0.1, 0.15) is 0 Å². The van der Waals surface area contributed by atoms with Gasteiger partial charge in [-0.25, -0.2) is 0 Å². The van der Waals surface area contributed by atoms with Gasteiger partial charge in [0.2, 0.25) is 0 Å². The smallest absolute Gasteiger partial charge is 0.0493 e. The average molecular weight is 243 g/mol. The van der Waals surface area contributed by atoms with E-state index >= 15 is 0 Å². The van der Waals surface area contributed by atoms with E-state index in [0.29, 0.717) is 10.0 Å². The maximum Gasteiger partial charge on any atom is 0.0493 e. The van der Waals surface area contributed by atoms with Crippen LogP contribution in [0.5, 0.6) is 0 Å². The van der Waals surface area contributed by atoms with Crippen LogP contribution in [0.2, 0.25) is 10.0 Å². The van der Waals surface area contributed by atoms with E-state index in [1.54, 1.807) is 0 Å². The number of unbranched alkanes of at least 4 members (excludes halogenated alkanes) is 3. The summed E-state index contributed by atoms with van der Waals surface area (Å²) in [6.45, 7) is 2.20. The van der Waals surface area contributed by atoms with Crippen molar-refractivity contribution in [3.63, 3.8) is 0 Å². The minimum Gasteiger partial charge on any atom is -0.0838 e. The molecule has 1 rings (SSSR count). The van der Waals surface area contributed by atoms with Gasteiger partial charge in [0.15, 0.2) is 0 Å². The largest absolute Gasteiger partial charge is 0.0838 e. The fraction of sp³-hybridized carbons (Fsp3) is 0.385. The van der Waals surface area contributed by atoms with Gasteiger partial charge in [0.25, 0.3) is 0 Å². The molecule has 0 aromatic heterocycles. The molecule has 0 aliphatic carbocycles. The zero-order valence-corrected chi connectivity index (χ0v) is 10.5. The van der Waals surface area contributed by atoms with E-state index in [9.17, 15) is 0 Å². The number of hydrogen-bond donors (Lipinski definition) is 0. The van der Waals surface area contributed by atoms with Crippen LogP contribution in [0.15, 0.2) is 24.3 Å². The summed E-state index contributed by atoms with van der Waals surface area (Å²) in [6.07, 6.45) is 9.01. The molecule has 0 bridgehead atoms. The average Bonchev–Trinajstić information content (AvgIpc) is 2.21. The molecule has 0 radical (unpaired) electrons. The van der Waals surface area contributed by atoms with E-state index in [2.05, 4.69) is 13.0 Å². The third-order valence-electron chi connectivity index (χ3n) is 2.26. The summed E-state index contributed by atoms with van der Waals surface area (Å²) < 4.78 is 0. The minimum absolute atomic E-state index is 0.717. The highest BCUT2D eigenvalue weighted by Gasteiger charge is 2.00. The molecule has 0 aliphatic heterocycles. The van der Waals surface area contributed by atoms with E-state index in [-0.39, 0.29) is 0 Å². The van der Waals surface area contributed by atoms with Crippen molar-refractivity contribution in [1.82, 2.24) is 0 Å². The summed E-state index contributed by atoms with van der Waals surface area (Å²) in [5.74, 6) is 0. The topological polar surface area (TPSA) is 0 Å². The van der Waals surface area contributed by atoms with Crippen LogP contribution in [0.1, 0.15) is 38.2 Å². The Hall–Kier alpha value is -0.460. The summed E-state index contributed by atoms with van der Waals surface area (Å²) in [5.41, 5.74) is 0.928. The number of benzene rings is 1. The highest BCUT2D eigenvalue weighted by atomic mass is 35.5. The van der Waals surface area contributed by atoms with Gasteiger partial charge in [-0.3, -0.25) is 0 Å². The zero-order chi connectivity index (χ0) is 11.1. The van der Waals surface area contributed by atoms with Crippen LogP contribution in [0.3, 0.4) is 0 Å². The van der Waals surface area contributed by atoms with Crippen molar-refractivity contribution < 1.29 is 0 Å². The fourth-order valence-electron chi connectivity index (χ4n) is 1.38. The summed E-state index contributed by atoms with van der Waals surface area (Å²) >= 11 is 12.1. The third kappa shape index (κ3) is 4.27. The lowest BCUT2D eigenvalue weighted by molar-refractivity contribution is 0.730. The van der Waals surface area contributed by atoms with Crippen LogP contribution in [0.25, 0.3) is 6.08 Å². The van der Waals surface area contributed by atoms with Gasteiger partial charge in [-0.1, -0.05) is 61.2 Å². The van der Waals surface area contributed by atoms with E-state index in [1.165, 1.54) is 19.3 Å². The first-order chi connectivity index (χ1) is 7.25. The van der Waals surface area contributed by atoms with Crippen molar-refractivity contribution in [3.8, 4) is 0 Å². The summed E-state index contributed by atoms with van der Waals surface area (Å²) in [4.78, 5) is 0. The molecule has 0 atom stereocenters. The molecule has 1 aromatic rings. The number of rotatable bonds is 5. The lowest BCUT2D eigenvalue weighted by Crippen LogP contribution is -1.77. The number of hydrogen-bond acceptors (Lipinski definition) is 0. The number of allylic oxidation sites excluding steroid dienone is 1. The minimum atomic E-state index is 0.717. The molecular weight excluding hydrogens is 227 g/mol. The van der Waals surface area contributed by atoms with Crippen molar-refractivity contribution in [2.24, 2.45) is 0 Å². The lowest BCUT2D eigenvalue weighted by atomic mass is 10.1. The molecule has 0 N–H and O–H groups in total. The predicted molar refractivity (Wildman–Crippen MR) is 69.6 cm³/mol. The second-order valence-corrected chi connectivity index (χ2v) is 4.35. The summed E-state index contributed by atoms with van der Waals surface area (Å²) in [6, 6.07) is 5.58. The lowest BCUT2D eigenvalue weighted by Gasteiger charge is -2.00. The Morgan fingerprint density at radius 1 is 1.13 bits per heavy atom. The van der Waals surface area contributed by atoms with Crippen molar-refractivity contribution in [1.29, 1.82) is 0 Å². The maximum atomic E-state index is 6.03. The van der Waals surface area contributed by atoms with E-state index in [1.807, 2.05) is 24.3 Å².